The van der Waals surface area contributed by atoms with E-state index in [4.69, 9.17) is 11.6 Å². The van der Waals surface area contributed by atoms with Crippen molar-refractivity contribution in [3.63, 3.8) is 0 Å². The summed E-state index contributed by atoms with van der Waals surface area (Å²) in [5.41, 5.74) is 0. The van der Waals surface area contributed by atoms with Gasteiger partial charge in [0, 0.05) is 37.8 Å². The van der Waals surface area contributed by atoms with Crippen molar-refractivity contribution in [1.82, 2.24) is 19.0 Å². The smallest absolute Gasteiger partial charge is 0.246 e. The minimum Gasteiger partial charge on any atom is -0.298 e. The van der Waals surface area contributed by atoms with Crippen molar-refractivity contribution in [2.45, 2.75) is 30.3 Å². The standard InChI is InChI=1S/C12H19ClN4O2S/c13-3-5-16-10-12(8-14-16)20(18,19)17-7-6-15-4-1-2-11(15)9-17/h8,10-11H,1-7,9H2. The number of hydrogen-bond donors (Lipinski definition) is 0. The molecular weight excluding hydrogens is 300 g/mol. The molecule has 1 aromatic rings. The second kappa shape index (κ2) is 5.63. The maximum Gasteiger partial charge on any atom is 0.246 e. The Kier molecular flexibility index (Phi) is 4.03. The van der Waals surface area contributed by atoms with Crippen LogP contribution in [0.3, 0.4) is 0 Å². The molecule has 0 bridgehead atoms. The Labute approximate surface area is 124 Å². The summed E-state index contributed by atoms with van der Waals surface area (Å²) >= 11 is 5.64. The first kappa shape index (κ1) is 14.3. The molecule has 0 radical (unpaired) electrons. The summed E-state index contributed by atoms with van der Waals surface area (Å²) in [6.45, 7) is 3.63. The van der Waals surface area contributed by atoms with E-state index in [1.807, 2.05) is 0 Å². The molecule has 0 aliphatic carbocycles. The molecule has 0 aromatic carbocycles. The third-order valence-electron chi connectivity index (χ3n) is 4.11. The van der Waals surface area contributed by atoms with Crippen molar-refractivity contribution in [3.8, 4) is 0 Å². The Morgan fingerprint density at radius 1 is 1.35 bits per heavy atom. The highest BCUT2D eigenvalue weighted by molar-refractivity contribution is 7.89. The van der Waals surface area contributed by atoms with Crippen LogP contribution in [0.2, 0.25) is 0 Å². The van der Waals surface area contributed by atoms with Crippen molar-refractivity contribution >= 4 is 21.6 Å². The molecule has 8 heteroatoms. The van der Waals surface area contributed by atoms with Crippen LogP contribution in [-0.4, -0.2) is 65.5 Å². The van der Waals surface area contributed by atoms with E-state index in [0.29, 0.717) is 31.6 Å². The van der Waals surface area contributed by atoms with Crippen LogP contribution < -0.4 is 0 Å². The topological polar surface area (TPSA) is 58.4 Å². The number of piperazine rings is 1. The largest absolute Gasteiger partial charge is 0.298 e. The van der Waals surface area contributed by atoms with Gasteiger partial charge in [0.25, 0.3) is 0 Å². The lowest BCUT2D eigenvalue weighted by Crippen LogP contribution is -2.51. The van der Waals surface area contributed by atoms with Gasteiger partial charge in [-0.3, -0.25) is 9.58 Å². The highest BCUT2D eigenvalue weighted by Crippen LogP contribution is 2.25. The summed E-state index contributed by atoms with van der Waals surface area (Å²) in [5, 5.41) is 4.05. The van der Waals surface area contributed by atoms with Crippen molar-refractivity contribution in [1.29, 1.82) is 0 Å². The van der Waals surface area contributed by atoms with E-state index in [2.05, 4.69) is 10.00 Å². The predicted octanol–water partition coefficient (Wildman–Crippen LogP) is 0.591. The molecule has 2 aliphatic rings. The second-order valence-electron chi connectivity index (χ2n) is 5.32. The molecule has 112 valence electrons. The molecule has 3 rings (SSSR count). The van der Waals surface area contributed by atoms with E-state index >= 15 is 0 Å². The van der Waals surface area contributed by atoms with E-state index in [1.54, 1.807) is 15.2 Å². The Morgan fingerprint density at radius 2 is 2.20 bits per heavy atom. The first-order valence-corrected chi connectivity index (χ1v) is 8.91. The van der Waals surface area contributed by atoms with E-state index < -0.39 is 10.0 Å². The normalized spacial score (nSPS) is 24.9. The van der Waals surface area contributed by atoms with Gasteiger partial charge >= 0.3 is 0 Å². The van der Waals surface area contributed by atoms with Crippen molar-refractivity contribution in [2.24, 2.45) is 0 Å². The van der Waals surface area contributed by atoms with E-state index in [0.717, 1.165) is 19.5 Å². The lowest BCUT2D eigenvalue weighted by atomic mass is 10.2. The van der Waals surface area contributed by atoms with Gasteiger partial charge in [0.2, 0.25) is 10.0 Å². The Hall–Kier alpha value is -0.630. The fourth-order valence-corrected chi connectivity index (χ4v) is 4.61. The number of aromatic nitrogens is 2. The molecule has 1 unspecified atom stereocenters. The SMILES string of the molecule is O=S(=O)(c1cnn(CCCl)c1)N1CCN2CCCC2C1. The van der Waals surface area contributed by atoms with Gasteiger partial charge in [0.15, 0.2) is 0 Å². The number of alkyl halides is 1. The van der Waals surface area contributed by atoms with Crippen molar-refractivity contribution in [3.05, 3.63) is 12.4 Å². The van der Waals surface area contributed by atoms with Crippen LogP contribution in [0.15, 0.2) is 17.3 Å². The van der Waals surface area contributed by atoms with Gasteiger partial charge < -0.3 is 0 Å². The maximum atomic E-state index is 12.6. The maximum absolute atomic E-state index is 12.6. The third-order valence-corrected chi connectivity index (χ3v) is 6.10. The van der Waals surface area contributed by atoms with E-state index in [1.165, 1.54) is 12.6 Å². The van der Waals surface area contributed by atoms with Gasteiger partial charge in [0.1, 0.15) is 4.90 Å². The molecule has 20 heavy (non-hydrogen) atoms. The Morgan fingerprint density at radius 3 is 3.00 bits per heavy atom. The summed E-state index contributed by atoms with van der Waals surface area (Å²) in [6.07, 6.45) is 5.26. The molecule has 0 N–H and O–H groups in total. The Bertz CT molecular complexity index is 574. The van der Waals surface area contributed by atoms with Gasteiger partial charge in [-0.25, -0.2) is 8.42 Å². The van der Waals surface area contributed by atoms with Crippen LogP contribution in [0.5, 0.6) is 0 Å². The van der Waals surface area contributed by atoms with Crippen LogP contribution in [0, 0.1) is 0 Å². The lowest BCUT2D eigenvalue weighted by Gasteiger charge is -2.36. The van der Waals surface area contributed by atoms with Crippen LogP contribution in [0.1, 0.15) is 12.8 Å². The van der Waals surface area contributed by atoms with Crippen LogP contribution in [0.25, 0.3) is 0 Å². The zero-order valence-electron chi connectivity index (χ0n) is 11.3. The molecule has 2 saturated heterocycles. The molecule has 2 aliphatic heterocycles. The first-order valence-electron chi connectivity index (χ1n) is 6.94. The number of halogens is 1. The third kappa shape index (κ3) is 2.59. The summed E-state index contributed by atoms with van der Waals surface area (Å²) in [4.78, 5) is 2.66. The zero-order valence-corrected chi connectivity index (χ0v) is 12.9. The lowest BCUT2D eigenvalue weighted by molar-refractivity contribution is 0.158. The van der Waals surface area contributed by atoms with E-state index in [-0.39, 0.29) is 4.90 Å². The molecular formula is C12H19ClN4O2S. The fourth-order valence-electron chi connectivity index (χ4n) is 3.02. The summed E-state index contributed by atoms with van der Waals surface area (Å²) in [7, 11) is -3.42. The van der Waals surface area contributed by atoms with E-state index in [9.17, 15) is 8.42 Å². The van der Waals surface area contributed by atoms with Gasteiger partial charge in [-0.1, -0.05) is 0 Å². The minimum absolute atomic E-state index is 0.272. The highest BCUT2D eigenvalue weighted by atomic mass is 35.5. The average Bonchev–Trinajstić information content (AvgIpc) is 3.06. The van der Waals surface area contributed by atoms with Crippen LogP contribution in [-0.2, 0) is 16.6 Å². The van der Waals surface area contributed by atoms with Crippen LogP contribution >= 0.6 is 11.6 Å². The molecule has 1 aromatic heterocycles. The van der Waals surface area contributed by atoms with Crippen LogP contribution in [0.4, 0.5) is 0 Å². The zero-order chi connectivity index (χ0) is 14.2. The number of rotatable bonds is 4. The number of fused-ring (bicyclic) bond motifs is 1. The highest BCUT2D eigenvalue weighted by Gasteiger charge is 2.36. The van der Waals surface area contributed by atoms with Gasteiger partial charge in [-0.2, -0.15) is 9.40 Å². The summed E-state index contributed by atoms with van der Waals surface area (Å²) in [6, 6.07) is 0.386. The molecule has 0 saturated carbocycles. The Balaban J connectivity index is 1.77. The van der Waals surface area contributed by atoms with Gasteiger partial charge in [-0.05, 0) is 19.4 Å². The molecule has 0 spiro atoms. The first-order chi connectivity index (χ1) is 9.61. The summed E-state index contributed by atoms with van der Waals surface area (Å²) < 4.78 is 28.4. The molecule has 0 amide bonds. The number of sulfonamides is 1. The quantitative estimate of drug-likeness (QED) is 0.763. The molecule has 1 atom stereocenters. The number of aryl methyl sites for hydroxylation is 1. The monoisotopic (exact) mass is 318 g/mol. The molecule has 3 heterocycles. The predicted molar refractivity (Wildman–Crippen MR) is 76.3 cm³/mol. The van der Waals surface area contributed by atoms with Crippen molar-refractivity contribution in [2.75, 3.05) is 32.1 Å². The van der Waals surface area contributed by atoms with Crippen molar-refractivity contribution < 1.29 is 8.42 Å². The summed E-state index contributed by atoms with van der Waals surface area (Å²) in [5.74, 6) is 0.419. The minimum atomic E-state index is -3.42. The molecule has 6 nitrogen and oxygen atoms in total. The van der Waals surface area contributed by atoms with Gasteiger partial charge in [-0.15, -0.1) is 11.6 Å². The molecule has 2 fully saturated rings. The van der Waals surface area contributed by atoms with Gasteiger partial charge in [0.05, 0.1) is 12.7 Å². The second-order valence-corrected chi connectivity index (χ2v) is 7.64. The average molecular weight is 319 g/mol. The number of nitrogens with zero attached hydrogens (tertiary/aromatic N) is 4. The fraction of sp³-hybridized carbons (Fsp3) is 0.750. The number of hydrogen-bond acceptors (Lipinski definition) is 4.